The summed E-state index contributed by atoms with van der Waals surface area (Å²) in [7, 11) is 0. The fourth-order valence-electron chi connectivity index (χ4n) is 2.10. The number of carbonyl (C=O) groups is 1. The molecule has 0 aliphatic rings. The summed E-state index contributed by atoms with van der Waals surface area (Å²) in [5, 5.41) is 9.78. The highest BCUT2D eigenvalue weighted by molar-refractivity contribution is 7.71. The Morgan fingerprint density at radius 3 is 2.87 bits per heavy atom. The second-order valence-electron chi connectivity index (χ2n) is 4.80. The van der Waals surface area contributed by atoms with Crippen molar-refractivity contribution in [1.29, 1.82) is 0 Å². The summed E-state index contributed by atoms with van der Waals surface area (Å²) in [5.74, 6) is 1.46. The van der Waals surface area contributed by atoms with E-state index >= 15 is 0 Å². The maximum Gasteiger partial charge on any atom is 0.222 e. The highest BCUT2D eigenvalue weighted by atomic mass is 32.1. The summed E-state index contributed by atoms with van der Waals surface area (Å²) in [6, 6.07) is 7.61. The Morgan fingerprint density at radius 2 is 2.22 bits per heavy atom. The van der Waals surface area contributed by atoms with Gasteiger partial charge >= 0.3 is 0 Å². The number of rotatable bonds is 8. The number of hydrogen-bond acceptors (Lipinski definition) is 4. The van der Waals surface area contributed by atoms with Crippen molar-refractivity contribution in [2.45, 2.75) is 19.9 Å². The lowest BCUT2D eigenvalue weighted by molar-refractivity contribution is -0.121. The number of aromatic nitrogens is 3. The van der Waals surface area contributed by atoms with Crippen LogP contribution in [0.25, 0.3) is 11.4 Å². The summed E-state index contributed by atoms with van der Waals surface area (Å²) < 4.78 is 7.74. The molecule has 2 N–H and O–H groups in total. The van der Waals surface area contributed by atoms with E-state index in [9.17, 15) is 4.79 Å². The first-order chi connectivity index (χ1) is 11.2. The van der Waals surface area contributed by atoms with Crippen LogP contribution in [0.4, 0.5) is 0 Å². The van der Waals surface area contributed by atoms with Crippen LogP contribution in [0, 0.1) is 4.77 Å². The summed E-state index contributed by atoms with van der Waals surface area (Å²) >= 11 is 5.25. The molecule has 7 heteroatoms. The van der Waals surface area contributed by atoms with Crippen LogP contribution in [-0.4, -0.2) is 33.8 Å². The first-order valence-corrected chi connectivity index (χ1v) is 7.82. The van der Waals surface area contributed by atoms with Crippen molar-refractivity contribution in [3.05, 3.63) is 41.7 Å². The van der Waals surface area contributed by atoms with Gasteiger partial charge in [-0.25, -0.2) is 0 Å². The molecule has 2 aromatic rings. The molecule has 2 rings (SSSR count). The van der Waals surface area contributed by atoms with E-state index in [1.807, 2.05) is 35.8 Å². The molecular weight excluding hydrogens is 312 g/mol. The molecule has 6 nitrogen and oxygen atoms in total. The molecule has 23 heavy (non-hydrogen) atoms. The molecule has 0 spiro atoms. The quantitative estimate of drug-likeness (QED) is 0.576. The van der Waals surface area contributed by atoms with Crippen LogP contribution in [0.1, 0.15) is 13.3 Å². The van der Waals surface area contributed by atoms with Gasteiger partial charge in [-0.15, -0.1) is 6.58 Å². The van der Waals surface area contributed by atoms with Crippen molar-refractivity contribution in [3.8, 4) is 17.1 Å². The zero-order valence-electron chi connectivity index (χ0n) is 13.0. The summed E-state index contributed by atoms with van der Waals surface area (Å²) in [5.41, 5.74) is 0.910. The van der Waals surface area contributed by atoms with E-state index in [4.69, 9.17) is 17.0 Å². The van der Waals surface area contributed by atoms with E-state index in [0.717, 1.165) is 11.3 Å². The molecule has 1 aromatic heterocycles. The fourth-order valence-corrected chi connectivity index (χ4v) is 2.32. The normalized spacial score (nSPS) is 10.3. The number of H-pyrrole nitrogens is 1. The maximum absolute atomic E-state index is 11.7. The first-order valence-electron chi connectivity index (χ1n) is 7.41. The van der Waals surface area contributed by atoms with Crippen LogP contribution in [0.3, 0.4) is 0 Å². The van der Waals surface area contributed by atoms with Gasteiger partial charge in [0.15, 0.2) is 10.6 Å². The minimum Gasteiger partial charge on any atom is -0.494 e. The Balaban J connectivity index is 2.13. The summed E-state index contributed by atoms with van der Waals surface area (Å²) in [4.78, 5) is 11.7. The minimum atomic E-state index is -0.0503. The van der Waals surface area contributed by atoms with E-state index in [-0.39, 0.29) is 5.91 Å². The molecule has 0 aliphatic heterocycles. The molecule has 1 heterocycles. The van der Waals surface area contributed by atoms with E-state index < -0.39 is 0 Å². The van der Waals surface area contributed by atoms with Crippen molar-refractivity contribution in [1.82, 2.24) is 20.1 Å². The van der Waals surface area contributed by atoms with E-state index in [1.54, 1.807) is 6.08 Å². The Hall–Kier alpha value is -2.41. The number of nitrogens with one attached hydrogen (secondary N) is 2. The third-order valence-corrected chi connectivity index (χ3v) is 3.50. The number of amides is 1. The number of nitrogens with zero attached hydrogens (tertiary/aromatic N) is 2. The fraction of sp³-hybridized carbons (Fsp3) is 0.312. The zero-order chi connectivity index (χ0) is 16.7. The van der Waals surface area contributed by atoms with Crippen molar-refractivity contribution in [2.24, 2.45) is 0 Å². The van der Waals surface area contributed by atoms with Crippen LogP contribution in [0.15, 0.2) is 36.9 Å². The predicted octanol–water partition coefficient (Wildman–Crippen LogP) is 2.70. The smallest absolute Gasteiger partial charge is 0.222 e. The lowest BCUT2D eigenvalue weighted by Crippen LogP contribution is -2.24. The van der Waals surface area contributed by atoms with E-state index in [2.05, 4.69) is 22.1 Å². The van der Waals surface area contributed by atoms with E-state index in [0.29, 0.717) is 36.7 Å². The van der Waals surface area contributed by atoms with Crippen molar-refractivity contribution in [3.63, 3.8) is 0 Å². The Bertz CT molecular complexity index is 718. The molecular formula is C16H20N4O2S. The first kappa shape index (κ1) is 17.0. The largest absolute Gasteiger partial charge is 0.494 e. The van der Waals surface area contributed by atoms with Gasteiger partial charge in [0.05, 0.1) is 6.61 Å². The lowest BCUT2D eigenvalue weighted by atomic mass is 10.2. The molecule has 0 unspecified atom stereocenters. The average molecular weight is 332 g/mol. The highest BCUT2D eigenvalue weighted by Crippen LogP contribution is 2.21. The molecule has 0 aliphatic carbocycles. The molecule has 0 bridgehead atoms. The molecule has 1 aromatic carbocycles. The molecule has 0 fully saturated rings. The van der Waals surface area contributed by atoms with Crippen LogP contribution in [0.5, 0.6) is 5.75 Å². The Morgan fingerprint density at radius 1 is 1.48 bits per heavy atom. The minimum absolute atomic E-state index is 0.0503. The standard InChI is InChI=1S/C16H20N4O2S/c1-3-10-17-14(21)9-11-20-15(18-19-16(20)23)12-5-7-13(8-6-12)22-4-2/h3,5-8H,1,4,9-11H2,2H3,(H,17,21)(H,19,23). The Kier molecular flexibility index (Phi) is 6.10. The molecule has 0 saturated carbocycles. The molecule has 0 saturated heterocycles. The second-order valence-corrected chi connectivity index (χ2v) is 5.19. The SMILES string of the molecule is C=CCNC(=O)CCn1c(-c2ccc(OCC)cc2)n[nH]c1=S. The maximum atomic E-state index is 11.7. The molecule has 0 radical (unpaired) electrons. The van der Waals surface area contributed by atoms with Gasteiger partial charge < -0.3 is 10.1 Å². The van der Waals surface area contributed by atoms with Gasteiger partial charge in [-0.2, -0.15) is 5.10 Å². The number of hydrogen-bond donors (Lipinski definition) is 2. The number of carbonyl (C=O) groups excluding carboxylic acids is 1. The second kappa shape index (κ2) is 8.28. The van der Waals surface area contributed by atoms with E-state index in [1.165, 1.54) is 0 Å². The van der Waals surface area contributed by atoms with Crippen LogP contribution < -0.4 is 10.1 Å². The monoisotopic (exact) mass is 332 g/mol. The van der Waals surface area contributed by atoms with Crippen molar-refractivity contribution < 1.29 is 9.53 Å². The molecule has 0 atom stereocenters. The van der Waals surface area contributed by atoms with Gasteiger partial charge in [0.2, 0.25) is 5.91 Å². The van der Waals surface area contributed by atoms with Gasteiger partial charge in [-0.1, -0.05) is 6.08 Å². The van der Waals surface area contributed by atoms with Gasteiger partial charge in [0.1, 0.15) is 5.75 Å². The van der Waals surface area contributed by atoms with Crippen molar-refractivity contribution >= 4 is 18.1 Å². The van der Waals surface area contributed by atoms with Crippen LogP contribution in [0.2, 0.25) is 0 Å². The van der Waals surface area contributed by atoms with Gasteiger partial charge in [0.25, 0.3) is 0 Å². The zero-order valence-corrected chi connectivity index (χ0v) is 13.9. The van der Waals surface area contributed by atoms with Gasteiger partial charge in [0, 0.05) is 25.1 Å². The molecule has 1 amide bonds. The van der Waals surface area contributed by atoms with Crippen LogP contribution in [-0.2, 0) is 11.3 Å². The van der Waals surface area contributed by atoms with Gasteiger partial charge in [-0.3, -0.25) is 14.5 Å². The predicted molar refractivity (Wildman–Crippen MR) is 91.8 cm³/mol. The third kappa shape index (κ3) is 4.53. The lowest BCUT2D eigenvalue weighted by Gasteiger charge is -2.08. The number of ether oxygens (including phenoxy) is 1. The Labute approximate surface area is 140 Å². The topological polar surface area (TPSA) is 71.9 Å². The highest BCUT2D eigenvalue weighted by Gasteiger charge is 2.10. The molecule has 122 valence electrons. The van der Waals surface area contributed by atoms with Gasteiger partial charge in [-0.05, 0) is 43.4 Å². The van der Waals surface area contributed by atoms with Crippen molar-refractivity contribution in [2.75, 3.05) is 13.2 Å². The van der Waals surface area contributed by atoms with Crippen LogP contribution >= 0.6 is 12.2 Å². The summed E-state index contributed by atoms with van der Waals surface area (Å²) in [6.45, 7) is 7.05. The third-order valence-electron chi connectivity index (χ3n) is 3.19. The average Bonchev–Trinajstić information content (AvgIpc) is 2.93. The summed E-state index contributed by atoms with van der Waals surface area (Å²) in [6.07, 6.45) is 1.97. The number of aromatic amines is 1. The number of benzene rings is 1.